The van der Waals surface area contributed by atoms with Crippen molar-refractivity contribution >= 4 is 23.2 Å². The Morgan fingerprint density at radius 2 is 2.03 bits per heavy atom. The minimum atomic E-state index is -0.290. The molecule has 2 aromatic rings. The van der Waals surface area contributed by atoms with E-state index >= 15 is 0 Å². The van der Waals surface area contributed by atoms with E-state index in [1.165, 1.54) is 25.3 Å². The maximum absolute atomic E-state index is 13.0. The lowest BCUT2D eigenvalue weighted by molar-refractivity contribution is -0.179. The SMILES string of the molecule is COc1cc(N)c(Cl)cc1C(=O)NC1CCN(OC)C(CCCOc2ccc(F)cc2)C1. The second kappa shape index (κ2) is 11.4. The van der Waals surface area contributed by atoms with E-state index in [4.69, 9.17) is 31.6 Å². The number of halogens is 2. The Morgan fingerprint density at radius 1 is 1.28 bits per heavy atom. The Hall–Kier alpha value is -2.55. The molecular formula is C23H29ClFN3O4. The summed E-state index contributed by atoms with van der Waals surface area (Å²) in [6.45, 7) is 1.21. The lowest BCUT2D eigenvalue weighted by Gasteiger charge is -2.38. The molecule has 174 valence electrons. The molecule has 32 heavy (non-hydrogen) atoms. The van der Waals surface area contributed by atoms with Crippen LogP contribution < -0.4 is 20.5 Å². The molecule has 2 aromatic carbocycles. The number of carbonyl (C=O) groups is 1. The van der Waals surface area contributed by atoms with Crippen LogP contribution in [0.2, 0.25) is 5.02 Å². The number of hydroxylamine groups is 2. The Kier molecular flexibility index (Phi) is 8.55. The number of ether oxygens (including phenoxy) is 2. The molecule has 0 aromatic heterocycles. The number of nitrogens with zero attached hydrogens (tertiary/aromatic N) is 1. The van der Waals surface area contributed by atoms with Gasteiger partial charge >= 0.3 is 0 Å². The highest BCUT2D eigenvalue weighted by Gasteiger charge is 2.30. The van der Waals surface area contributed by atoms with Gasteiger partial charge in [-0.3, -0.25) is 4.79 Å². The molecule has 2 atom stereocenters. The van der Waals surface area contributed by atoms with E-state index in [2.05, 4.69) is 5.32 Å². The largest absolute Gasteiger partial charge is 0.496 e. The predicted molar refractivity (Wildman–Crippen MR) is 122 cm³/mol. The van der Waals surface area contributed by atoms with Crippen LogP contribution in [0.5, 0.6) is 11.5 Å². The summed E-state index contributed by atoms with van der Waals surface area (Å²) in [5.41, 5.74) is 6.52. The number of amides is 1. The van der Waals surface area contributed by atoms with E-state index in [1.807, 2.05) is 5.06 Å². The van der Waals surface area contributed by atoms with Crippen LogP contribution in [0.1, 0.15) is 36.0 Å². The summed E-state index contributed by atoms with van der Waals surface area (Å²) in [7, 11) is 3.14. The molecule has 0 aliphatic carbocycles. The molecule has 0 radical (unpaired) electrons. The first kappa shape index (κ1) is 24.1. The molecule has 3 N–H and O–H groups in total. The number of anilines is 1. The zero-order chi connectivity index (χ0) is 23.1. The Morgan fingerprint density at radius 3 is 2.72 bits per heavy atom. The second-order valence-corrected chi connectivity index (χ2v) is 8.10. The third kappa shape index (κ3) is 6.25. The highest BCUT2D eigenvalue weighted by atomic mass is 35.5. The number of rotatable bonds is 9. The highest BCUT2D eigenvalue weighted by molar-refractivity contribution is 6.33. The molecule has 3 rings (SSSR count). The van der Waals surface area contributed by atoms with Crippen molar-refractivity contribution in [1.82, 2.24) is 10.4 Å². The first-order chi connectivity index (χ1) is 15.4. The fourth-order valence-electron chi connectivity index (χ4n) is 3.88. The van der Waals surface area contributed by atoms with E-state index in [-0.39, 0.29) is 23.8 Å². The number of nitrogen functional groups attached to an aromatic ring is 1. The number of hydrogen-bond donors (Lipinski definition) is 2. The molecule has 1 aliphatic rings. The molecular weight excluding hydrogens is 437 g/mol. The van der Waals surface area contributed by atoms with Crippen LogP contribution in [0.3, 0.4) is 0 Å². The zero-order valence-corrected chi connectivity index (χ0v) is 19.0. The summed E-state index contributed by atoms with van der Waals surface area (Å²) < 4.78 is 24.0. The quantitative estimate of drug-likeness (QED) is 0.429. The first-order valence-corrected chi connectivity index (χ1v) is 10.9. The van der Waals surface area contributed by atoms with Crippen molar-refractivity contribution < 1.29 is 23.5 Å². The number of hydrogen-bond acceptors (Lipinski definition) is 6. The van der Waals surface area contributed by atoms with Gasteiger partial charge in [-0.1, -0.05) is 11.6 Å². The van der Waals surface area contributed by atoms with Crippen LogP contribution >= 0.6 is 11.6 Å². The minimum absolute atomic E-state index is 0.0158. The number of benzene rings is 2. The summed E-state index contributed by atoms with van der Waals surface area (Å²) in [5, 5.41) is 5.34. The van der Waals surface area contributed by atoms with E-state index in [9.17, 15) is 9.18 Å². The number of carbonyl (C=O) groups excluding carboxylic acids is 1. The molecule has 1 saturated heterocycles. The van der Waals surface area contributed by atoms with Gasteiger partial charge in [0.15, 0.2) is 0 Å². The Balaban J connectivity index is 1.54. The standard InChI is InChI=1S/C23H29ClFN3O4/c1-30-22-14-21(26)20(24)13-19(22)23(29)27-16-9-10-28(31-2)17(12-16)4-3-11-32-18-7-5-15(25)6-8-18/h5-8,13-14,16-17H,3-4,9-12,26H2,1-2H3,(H,27,29). The summed E-state index contributed by atoms with van der Waals surface area (Å²) in [6, 6.07) is 9.17. The second-order valence-electron chi connectivity index (χ2n) is 7.69. The van der Waals surface area contributed by atoms with Crippen LogP contribution in [0, 0.1) is 5.82 Å². The van der Waals surface area contributed by atoms with Gasteiger partial charge < -0.3 is 25.4 Å². The topological polar surface area (TPSA) is 86.0 Å². The van der Waals surface area contributed by atoms with Crippen molar-refractivity contribution in [3.05, 3.63) is 52.8 Å². The fraction of sp³-hybridized carbons (Fsp3) is 0.435. The van der Waals surface area contributed by atoms with Gasteiger partial charge in [0, 0.05) is 24.7 Å². The van der Waals surface area contributed by atoms with Crippen molar-refractivity contribution in [3.8, 4) is 11.5 Å². The molecule has 1 heterocycles. The fourth-order valence-corrected chi connectivity index (χ4v) is 4.04. The van der Waals surface area contributed by atoms with Crippen LogP contribution in [0.4, 0.5) is 10.1 Å². The molecule has 1 fully saturated rings. The van der Waals surface area contributed by atoms with Crippen molar-refractivity contribution in [3.63, 3.8) is 0 Å². The van der Waals surface area contributed by atoms with Gasteiger partial charge in [0.1, 0.15) is 17.3 Å². The Bertz CT molecular complexity index is 913. The van der Waals surface area contributed by atoms with E-state index in [1.54, 1.807) is 25.3 Å². The molecule has 1 aliphatic heterocycles. The van der Waals surface area contributed by atoms with E-state index < -0.39 is 0 Å². The third-order valence-corrected chi connectivity index (χ3v) is 5.89. The summed E-state index contributed by atoms with van der Waals surface area (Å²) in [6.07, 6.45) is 3.12. The lowest BCUT2D eigenvalue weighted by Crippen LogP contribution is -2.49. The van der Waals surface area contributed by atoms with Gasteiger partial charge in [-0.25, -0.2) is 4.39 Å². The molecule has 0 spiro atoms. The predicted octanol–water partition coefficient (Wildman–Crippen LogP) is 4.05. The lowest BCUT2D eigenvalue weighted by atomic mass is 9.95. The summed E-state index contributed by atoms with van der Waals surface area (Å²) in [4.78, 5) is 18.4. The average Bonchev–Trinajstić information content (AvgIpc) is 2.79. The van der Waals surface area contributed by atoms with Crippen LogP contribution in [0.25, 0.3) is 0 Å². The maximum atomic E-state index is 13.0. The van der Waals surface area contributed by atoms with E-state index in [0.29, 0.717) is 40.9 Å². The normalized spacial score (nSPS) is 18.9. The Labute approximate surface area is 192 Å². The van der Waals surface area contributed by atoms with Crippen molar-refractivity contribution in [2.75, 3.05) is 33.1 Å². The highest BCUT2D eigenvalue weighted by Crippen LogP contribution is 2.29. The van der Waals surface area contributed by atoms with Crippen LogP contribution in [-0.2, 0) is 4.84 Å². The van der Waals surface area contributed by atoms with Crippen molar-refractivity contribution in [1.29, 1.82) is 0 Å². The smallest absolute Gasteiger partial charge is 0.255 e. The molecule has 1 amide bonds. The van der Waals surface area contributed by atoms with Gasteiger partial charge in [-0.05, 0) is 56.0 Å². The zero-order valence-electron chi connectivity index (χ0n) is 18.3. The minimum Gasteiger partial charge on any atom is -0.496 e. The van der Waals surface area contributed by atoms with Gasteiger partial charge in [0.05, 0.1) is 37.1 Å². The van der Waals surface area contributed by atoms with Crippen molar-refractivity contribution in [2.45, 2.75) is 37.8 Å². The average molecular weight is 466 g/mol. The molecule has 0 bridgehead atoms. The van der Waals surface area contributed by atoms with E-state index in [0.717, 1.165) is 25.7 Å². The molecule has 0 saturated carbocycles. The number of nitrogens with two attached hydrogens (primary N) is 1. The number of piperidine rings is 1. The summed E-state index contributed by atoms with van der Waals surface area (Å²) >= 11 is 6.10. The van der Waals surface area contributed by atoms with Gasteiger partial charge in [0.2, 0.25) is 0 Å². The molecule has 7 nitrogen and oxygen atoms in total. The molecule has 2 unspecified atom stereocenters. The van der Waals surface area contributed by atoms with Gasteiger partial charge in [0.25, 0.3) is 5.91 Å². The molecule has 9 heteroatoms. The monoisotopic (exact) mass is 465 g/mol. The van der Waals surface area contributed by atoms with Gasteiger partial charge in [-0.15, -0.1) is 0 Å². The number of nitrogens with one attached hydrogen (secondary N) is 1. The van der Waals surface area contributed by atoms with Gasteiger partial charge in [-0.2, -0.15) is 5.06 Å². The first-order valence-electron chi connectivity index (χ1n) is 10.5. The third-order valence-electron chi connectivity index (χ3n) is 5.56. The number of methoxy groups -OCH3 is 1. The van der Waals surface area contributed by atoms with Crippen molar-refractivity contribution in [2.24, 2.45) is 0 Å². The van der Waals surface area contributed by atoms with Crippen LogP contribution in [-0.4, -0.2) is 50.4 Å². The van der Waals surface area contributed by atoms with Crippen LogP contribution in [0.15, 0.2) is 36.4 Å². The summed E-state index contributed by atoms with van der Waals surface area (Å²) in [5.74, 6) is 0.480. The maximum Gasteiger partial charge on any atom is 0.255 e.